The van der Waals surface area contributed by atoms with Crippen molar-refractivity contribution in [2.45, 2.75) is 63.4 Å². The Bertz CT molecular complexity index is 1940. The van der Waals surface area contributed by atoms with E-state index in [0.717, 1.165) is 21.3 Å². The van der Waals surface area contributed by atoms with E-state index >= 15 is 0 Å². The monoisotopic (exact) mass is 789 g/mol. The zero-order valence-corrected chi connectivity index (χ0v) is 32.3. The molecule has 2 N–H and O–H groups in total. The summed E-state index contributed by atoms with van der Waals surface area (Å²) < 4.78 is 47.3. The van der Waals surface area contributed by atoms with Gasteiger partial charge in [-0.15, -0.1) is 0 Å². The van der Waals surface area contributed by atoms with Crippen LogP contribution in [0.15, 0.2) is 95.9 Å². The highest BCUT2D eigenvalue weighted by molar-refractivity contribution is 5.87. The number of rotatable bonds is 19. The Morgan fingerprint density at radius 3 is 2.04 bits per heavy atom. The maximum Gasteiger partial charge on any atom is 0.351 e. The quantitative estimate of drug-likeness (QED) is 0.0605. The second-order valence-electron chi connectivity index (χ2n) is 13.0. The lowest BCUT2D eigenvalue weighted by Crippen LogP contribution is -2.41. The van der Waals surface area contributed by atoms with Gasteiger partial charge in [0.2, 0.25) is 5.91 Å². The molecule has 0 aliphatic carbocycles. The zero-order valence-electron chi connectivity index (χ0n) is 32.3. The number of carbonyl (C=O) groups is 3. The molecule has 1 aromatic heterocycles. The summed E-state index contributed by atoms with van der Waals surface area (Å²) >= 11 is 0. The van der Waals surface area contributed by atoms with Crippen molar-refractivity contribution in [1.82, 2.24) is 9.55 Å². The molecule has 0 spiro atoms. The van der Waals surface area contributed by atoms with Gasteiger partial charge in [0.05, 0.1) is 27.4 Å². The van der Waals surface area contributed by atoms with Gasteiger partial charge in [0.15, 0.2) is 6.23 Å². The SMILES string of the molecule is COc1ccc(C(OC[C@H]2O[C@@H](n3ccc(NC(C)=O)nc3=O)[C@@H](OCOCCC(COC(C)=O)OC(C)=O)C2O)(c2ccccc2)c2ccc(OC)cc2)cc1. The molecule has 0 bridgehead atoms. The van der Waals surface area contributed by atoms with E-state index in [2.05, 4.69) is 10.3 Å². The predicted octanol–water partition coefficient (Wildman–Crippen LogP) is 3.73. The third-order valence-corrected chi connectivity index (χ3v) is 9.09. The number of aliphatic hydroxyl groups is 1. The van der Waals surface area contributed by atoms with Crippen molar-refractivity contribution < 1.29 is 57.4 Å². The number of nitrogens with zero attached hydrogens (tertiary/aromatic N) is 2. The molecule has 1 fully saturated rings. The fourth-order valence-corrected chi connectivity index (χ4v) is 6.42. The third-order valence-electron chi connectivity index (χ3n) is 9.09. The molecule has 4 aromatic rings. The van der Waals surface area contributed by atoms with Crippen LogP contribution in [0, 0.1) is 0 Å². The van der Waals surface area contributed by atoms with Gasteiger partial charge in [-0.2, -0.15) is 4.98 Å². The highest BCUT2D eigenvalue weighted by Gasteiger charge is 2.48. The first-order chi connectivity index (χ1) is 27.4. The zero-order chi connectivity index (χ0) is 41.0. The van der Waals surface area contributed by atoms with E-state index in [4.69, 9.17) is 37.9 Å². The van der Waals surface area contributed by atoms with Crippen LogP contribution in [0.3, 0.4) is 0 Å². The summed E-state index contributed by atoms with van der Waals surface area (Å²) in [6, 6.07) is 25.9. The maximum absolute atomic E-state index is 13.3. The molecule has 1 aliphatic rings. The average Bonchev–Trinajstić information content (AvgIpc) is 3.51. The summed E-state index contributed by atoms with van der Waals surface area (Å²) in [7, 11) is 3.16. The number of carbonyl (C=O) groups excluding carboxylic acids is 3. The van der Waals surface area contributed by atoms with Crippen LogP contribution >= 0.6 is 0 Å². The second-order valence-corrected chi connectivity index (χ2v) is 13.0. The number of aliphatic hydroxyl groups excluding tert-OH is 1. The number of nitrogens with one attached hydrogen (secondary N) is 1. The summed E-state index contributed by atoms with van der Waals surface area (Å²) in [5, 5.41) is 14.3. The van der Waals surface area contributed by atoms with E-state index in [9.17, 15) is 24.3 Å². The molecule has 2 heterocycles. The van der Waals surface area contributed by atoms with Crippen LogP contribution in [0.4, 0.5) is 5.82 Å². The van der Waals surface area contributed by atoms with Crippen LogP contribution in [-0.4, -0.2) is 97.8 Å². The normalized spacial score (nSPS) is 18.4. The maximum atomic E-state index is 13.3. The molecular weight excluding hydrogens is 742 g/mol. The van der Waals surface area contributed by atoms with Gasteiger partial charge < -0.3 is 48.3 Å². The van der Waals surface area contributed by atoms with Crippen molar-refractivity contribution in [1.29, 1.82) is 0 Å². The number of esters is 2. The summed E-state index contributed by atoms with van der Waals surface area (Å²) in [5.41, 5.74) is 0.252. The van der Waals surface area contributed by atoms with Gasteiger partial charge in [0.25, 0.3) is 0 Å². The molecule has 0 saturated carbocycles. The van der Waals surface area contributed by atoms with E-state index in [-0.39, 0.29) is 38.9 Å². The summed E-state index contributed by atoms with van der Waals surface area (Å²) in [6.45, 7) is 3.08. The Balaban J connectivity index is 1.44. The molecule has 0 radical (unpaired) electrons. The standard InChI is InChI=1S/C41H47N3O13/c1-26(45)42-36-19-21-44(40(49)43-36)39-38(54-25-52-22-20-34(56-28(3)47)23-53-27(2)46)37(48)35(57-39)24-55-41(29-9-7-6-8-10-29,30-11-15-32(50-4)16-12-30)31-13-17-33(51-5)18-14-31/h6-19,21,34-35,37-39,48H,20,22-25H2,1-5H3,(H,42,43,45,49)/t34?,35-,37?,38+,39-/m1/s1. The van der Waals surface area contributed by atoms with Crippen LogP contribution in [0.25, 0.3) is 0 Å². The van der Waals surface area contributed by atoms with Crippen LogP contribution in [0.1, 0.15) is 50.1 Å². The average molecular weight is 790 g/mol. The molecule has 5 atom stereocenters. The van der Waals surface area contributed by atoms with Crippen LogP contribution in [-0.2, 0) is 48.4 Å². The number of anilines is 1. The van der Waals surface area contributed by atoms with Gasteiger partial charge in [0, 0.05) is 33.4 Å². The number of hydrogen-bond acceptors (Lipinski definition) is 14. The largest absolute Gasteiger partial charge is 0.497 e. The molecule has 2 unspecified atom stereocenters. The summed E-state index contributed by atoms with van der Waals surface area (Å²) in [5.74, 6) is -0.174. The molecule has 5 rings (SSSR count). The van der Waals surface area contributed by atoms with Crippen LogP contribution in [0.2, 0.25) is 0 Å². The molecule has 1 aliphatic heterocycles. The van der Waals surface area contributed by atoms with Crippen molar-refractivity contribution in [2.24, 2.45) is 0 Å². The number of methoxy groups -OCH3 is 2. The first-order valence-electron chi connectivity index (χ1n) is 18.1. The second kappa shape index (κ2) is 20.0. The minimum Gasteiger partial charge on any atom is -0.497 e. The lowest BCUT2D eigenvalue weighted by Gasteiger charge is -2.37. The molecule has 57 heavy (non-hydrogen) atoms. The predicted molar refractivity (Wildman–Crippen MR) is 203 cm³/mol. The molecule has 16 heteroatoms. The molecule has 1 saturated heterocycles. The Kier molecular flexibility index (Phi) is 14.9. The molecule has 3 aromatic carbocycles. The van der Waals surface area contributed by atoms with E-state index < -0.39 is 59.8 Å². The van der Waals surface area contributed by atoms with Gasteiger partial charge in [0.1, 0.15) is 60.7 Å². The first-order valence-corrected chi connectivity index (χ1v) is 18.1. The Morgan fingerprint density at radius 2 is 1.49 bits per heavy atom. The minimum absolute atomic E-state index is 0.0241. The van der Waals surface area contributed by atoms with Crippen molar-refractivity contribution in [3.8, 4) is 11.5 Å². The summed E-state index contributed by atoms with van der Waals surface area (Å²) in [4.78, 5) is 51.8. The van der Waals surface area contributed by atoms with Gasteiger partial charge in [-0.05, 0) is 47.0 Å². The number of ether oxygens (including phenoxy) is 8. The summed E-state index contributed by atoms with van der Waals surface area (Å²) in [6.07, 6.45) is -4.02. The molecule has 16 nitrogen and oxygen atoms in total. The number of aromatic nitrogens is 2. The number of benzene rings is 3. The lowest BCUT2D eigenvalue weighted by atomic mass is 9.80. The number of hydrogen-bond donors (Lipinski definition) is 2. The Hall–Kier alpha value is -5.65. The van der Waals surface area contributed by atoms with Gasteiger partial charge in [-0.25, -0.2) is 4.79 Å². The van der Waals surface area contributed by atoms with Crippen molar-refractivity contribution in [3.05, 3.63) is 118 Å². The van der Waals surface area contributed by atoms with E-state index in [1.807, 2.05) is 78.9 Å². The van der Waals surface area contributed by atoms with Crippen LogP contribution < -0.4 is 20.5 Å². The van der Waals surface area contributed by atoms with Crippen molar-refractivity contribution in [3.63, 3.8) is 0 Å². The van der Waals surface area contributed by atoms with Gasteiger partial charge in [-0.1, -0.05) is 54.6 Å². The van der Waals surface area contributed by atoms with E-state index in [1.54, 1.807) is 14.2 Å². The minimum atomic E-state index is -1.36. The molecule has 1 amide bonds. The van der Waals surface area contributed by atoms with E-state index in [0.29, 0.717) is 11.5 Å². The first kappa shape index (κ1) is 42.5. The van der Waals surface area contributed by atoms with E-state index in [1.165, 1.54) is 33.0 Å². The fourth-order valence-electron chi connectivity index (χ4n) is 6.42. The Morgan fingerprint density at radius 1 is 0.877 bits per heavy atom. The molecular formula is C41H47N3O13. The third kappa shape index (κ3) is 10.8. The highest BCUT2D eigenvalue weighted by atomic mass is 16.7. The topological polar surface area (TPSA) is 192 Å². The number of amides is 1. The Labute approximate surface area is 329 Å². The van der Waals surface area contributed by atoms with Crippen molar-refractivity contribution >= 4 is 23.7 Å². The van der Waals surface area contributed by atoms with Crippen LogP contribution in [0.5, 0.6) is 11.5 Å². The van der Waals surface area contributed by atoms with Gasteiger partial charge in [-0.3, -0.25) is 19.0 Å². The highest BCUT2D eigenvalue weighted by Crippen LogP contribution is 2.43. The smallest absolute Gasteiger partial charge is 0.351 e. The fraction of sp³-hybridized carbons (Fsp3) is 0.390. The lowest BCUT2D eigenvalue weighted by molar-refractivity contribution is -0.161. The van der Waals surface area contributed by atoms with Gasteiger partial charge >= 0.3 is 17.6 Å². The van der Waals surface area contributed by atoms with Crippen molar-refractivity contribution in [2.75, 3.05) is 46.1 Å². The molecule has 304 valence electrons.